The average Bonchev–Trinajstić information content (AvgIpc) is 2.88. The molecule has 3 aliphatic rings. The fraction of sp³-hybridized carbons (Fsp3) is 0.867. The van der Waals surface area contributed by atoms with Gasteiger partial charge in [0.1, 0.15) is 0 Å². The molecule has 0 bridgehead atoms. The molecule has 1 aliphatic heterocycles. The molecule has 3 fully saturated rings. The van der Waals surface area contributed by atoms with Crippen molar-refractivity contribution in [3.8, 4) is 0 Å². The molecule has 106 valence electrons. The van der Waals surface area contributed by atoms with Crippen LogP contribution < -0.4 is 0 Å². The van der Waals surface area contributed by atoms with Crippen molar-refractivity contribution in [3.05, 3.63) is 0 Å². The first-order valence-electron chi connectivity index (χ1n) is 7.67. The Hall–Kier alpha value is -1.06. The van der Waals surface area contributed by atoms with E-state index in [2.05, 4.69) is 0 Å². The lowest BCUT2D eigenvalue weighted by molar-refractivity contribution is -0.137. The van der Waals surface area contributed by atoms with E-state index in [1.165, 1.54) is 19.3 Å². The Kier molecular flexibility index (Phi) is 3.50. The van der Waals surface area contributed by atoms with Crippen LogP contribution in [0.3, 0.4) is 0 Å². The number of fused-ring (bicyclic) bond motifs is 1. The highest BCUT2D eigenvalue weighted by Crippen LogP contribution is 2.58. The number of carboxylic acids is 1. The van der Waals surface area contributed by atoms with Crippen LogP contribution in [0.2, 0.25) is 0 Å². The molecule has 0 aromatic rings. The number of carboxylic acid groups (broad SMARTS) is 1. The number of hydrogen-bond donors (Lipinski definition) is 1. The molecular weight excluding hydrogens is 242 g/mol. The van der Waals surface area contributed by atoms with Gasteiger partial charge in [0.2, 0.25) is 5.91 Å². The van der Waals surface area contributed by atoms with E-state index in [0.717, 1.165) is 32.4 Å². The van der Waals surface area contributed by atoms with Crippen molar-refractivity contribution in [2.45, 2.75) is 44.9 Å². The standard InChI is InChI=1S/C15H23NO3/c17-13(18)7-6-10-3-2-8-16(9-10)15(19)14-11-4-1-5-12(11)14/h10-12,14H,1-9H2,(H,17,18)/t10-,11+,12+/m0/s1. The quantitative estimate of drug-likeness (QED) is 0.847. The Balaban J connectivity index is 1.50. The van der Waals surface area contributed by atoms with E-state index >= 15 is 0 Å². The topological polar surface area (TPSA) is 57.6 Å². The number of aliphatic carboxylic acids is 1. The van der Waals surface area contributed by atoms with Crippen LogP contribution in [0.1, 0.15) is 44.9 Å². The largest absolute Gasteiger partial charge is 0.481 e. The van der Waals surface area contributed by atoms with Gasteiger partial charge in [-0.25, -0.2) is 0 Å². The van der Waals surface area contributed by atoms with Gasteiger partial charge in [0, 0.05) is 25.4 Å². The summed E-state index contributed by atoms with van der Waals surface area (Å²) in [6.07, 6.45) is 6.87. The molecule has 3 rings (SSSR count). The molecule has 1 amide bonds. The van der Waals surface area contributed by atoms with Crippen molar-refractivity contribution in [2.24, 2.45) is 23.7 Å². The molecular formula is C15H23NO3. The maximum absolute atomic E-state index is 12.5. The monoisotopic (exact) mass is 265 g/mol. The number of carbonyl (C=O) groups is 2. The maximum Gasteiger partial charge on any atom is 0.303 e. The summed E-state index contributed by atoms with van der Waals surface area (Å²) in [5.41, 5.74) is 0. The van der Waals surface area contributed by atoms with Gasteiger partial charge in [0.05, 0.1) is 0 Å². The summed E-state index contributed by atoms with van der Waals surface area (Å²) in [6, 6.07) is 0. The smallest absolute Gasteiger partial charge is 0.303 e. The highest BCUT2D eigenvalue weighted by atomic mass is 16.4. The molecule has 2 saturated carbocycles. The van der Waals surface area contributed by atoms with Crippen molar-refractivity contribution in [1.29, 1.82) is 0 Å². The average molecular weight is 265 g/mol. The van der Waals surface area contributed by atoms with Crippen molar-refractivity contribution in [3.63, 3.8) is 0 Å². The highest BCUT2D eigenvalue weighted by molar-refractivity contribution is 5.82. The third-order valence-electron chi connectivity index (χ3n) is 5.29. The molecule has 4 heteroatoms. The van der Waals surface area contributed by atoms with Crippen LogP contribution in [0.4, 0.5) is 0 Å². The van der Waals surface area contributed by atoms with Crippen molar-refractivity contribution in [1.82, 2.24) is 4.90 Å². The zero-order valence-corrected chi connectivity index (χ0v) is 11.4. The van der Waals surface area contributed by atoms with Crippen LogP contribution in [0.5, 0.6) is 0 Å². The Labute approximate surface area is 114 Å². The van der Waals surface area contributed by atoms with Gasteiger partial charge in [0.25, 0.3) is 0 Å². The Morgan fingerprint density at radius 3 is 2.53 bits per heavy atom. The summed E-state index contributed by atoms with van der Waals surface area (Å²) in [7, 11) is 0. The summed E-state index contributed by atoms with van der Waals surface area (Å²) >= 11 is 0. The van der Waals surface area contributed by atoms with Crippen LogP contribution in [-0.4, -0.2) is 35.0 Å². The number of amides is 1. The number of likely N-dealkylation sites (tertiary alicyclic amines) is 1. The third kappa shape index (κ3) is 2.63. The minimum absolute atomic E-state index is 0.237. The van der Waals surface area contributed by atoms with Gasteiger partial charge < -0.3 is 10.0 Å². The molecule has 0 aromatic carbocycles. The van der Waals surface area contributed by atoms with Crippen LogP contribution in [0.15, 0.2) is 0 Å². The van der Waals surface area contributed by atoms with E-state index in [1.807, 2.05) is 4.90 Å². The minimum atomic E-state index is -0.722. The van der Waals surface area contributed by atoms with E-state index in [1.54, 1.807) is 0 Å². The second-order valence-electron chi connectivity index (χ2n) is 6.51. The van der Waals surface area contributed by atoms with Gasteiger partial charge in [-0.15, -0.1) is 0 Å². The molecule has 1 saturated heterocycles. The van der Waals surface area contributed by atoms with E-state index in [4.69, 9.17) is 5.11 Å². The lowest BCUT2D eigenvalue weighted by atomic mass is 9.93. The fourth-order valence-electron chi connectivity index (χ4n) is 4.23. The molecule has 0 spiro atoms. The summed E-state index contributed by atoms with van der Waals surface area (Å²) in [4.78, 5) is 25.1. The van der Waals surface area contributed by atoms with Gasteiger partial charge in [-0.2, -0.15) is 0 Å². The molecule has 1 N–H and O–H groups in total. The lowest BCUT2D eigenvalue weighted by Crippen LogP contribution is -2.41. The Morgan fingerprint density at radius 2 is 1.84 bits per heavy atom. The molecule has 0 radical (unpaired) electrons. The van der Waals surface area contributed by atoms with Crippen LogP contribution in [-0.2, 0) is 9.59 Å². The Bertz CT molecular complexity index is 372. The first kappa shape index (κ1) is 12.9. The second-order valence-corrected chi connectivity index (χ2v) is 6.51. The van der Waals surface area contributed by atoms with Crippen molar-refractivity contribution >= 4 is 11.9 Å². The molecule has 0 aromatic heterocycles. The fourth-order valence-corrected chi connectivity index (χ4v) is 4.23. The zero-order valence-electron chi connectivity index (χ0n) is 11.4. The summed E-state index contributed by atoms with van der Waals surface area (Å²) < 4.78 is 0. The SMILES string of the molecule is O=C(O)CC[C@@H]1CCCN(C(=O)C2[C@@H]3CCC[C@@H]23)C1. The highest BCUT2D eigenvalue weighted by Gasteiger charge is 2.57. The molecule has 2 aliphatic carbocycles. The summed E-state index contributed by atoms with van der Waals surface area (Å²) in [5, 5.41) is 8.75. The number of nitrogens with zero attached hydrogens (tertiary/aromatic N) is 1. The Morgan fingerprint density at radius 1 is 1.11 bits per heavy atom. The van der Waals surface area contributed by atoms with Crippen LogP contribution >= 0.6 is 0 Å². The predicted molar refractivity (Wildman–Crippen MR) is 70.5 cm³/mol. The van der Waals surface area contributed by atoms with E-state index in [9.17, 15) is 9.59 Å². The molecule has 4 nitrogen and oxygen atoms in total. The van der Waals surface area contributed by atoms with Crippen molar-refractivity contribution < 1.29 is 14.7 Å². The summed E-state index contributed by atoms with van der Waals surface area (Å²) in [5.74, 6) is 1.74. The van der Waals surface area contributed by atoms with Crippen molar-refractivity contribution in [2.75, 3.05) is 13.1 Å². The number of hydrogen-bond acceptors (Lipinski definition) is 2. The molecule has 3 atom stereocenters. The summed E-state index contributed by atoms with van der Waals surface area (Å²) in [6.45, 7) is 1.68. The maximum atomic E-state index is 12.5. The molecule has 19 heavy (non-hydrogen) atoms. The number of piperidine rings is 1. The van der Waals surface area contributed by atoms with Gasteiger partial charge in [-0.1, -0.05) is 6.42 Å². The zero-order chi connectivity index (χ0) is 13.4. The van der Waals surface area contributed by atoms with E-state index < -0.39 is 5.97 Å². The van der Waals surface area contributed by atoms with Crippen LogP contribution in [0, 0.1) is 23.7 Å². The van der Waals surface area contributed by atoms with Gasteiger partial charge in [-0.05, 0) is 49.9 Å². The van der Waals surface area contributed by atoms with Gasteiger partial charge in [0.15, 0.2) is 0 Å². The van der Waals surface area contributed by atoms with E-state index in [0.29, 0.717) is 29.6 Å². The van der Waals surface area contributed by atoms with Crippen LogP contribution in [0.25, 0.3) is 0 Å². The molecule has 1 heterocycles. The van der Waals surface area contributed by atoms with Gasteiger partial charge >= 0.3 is 5.97 Å². The molecule has 0 unspecified atom stereocenters. The number of rotatable bonds is 4. The van der Waals surface area contributed by atoms with Gasteiger partial charge in [-0.3, -0.25) is 9.59 Å². The lowest BCUT2D eigenvalue weighted by Gasteiger charge is -2.33. The second kappa shape index (κ2) is 5.14. The van der Waals surface area contributed by atoms with E-state index in [-0.39, 0.29) is 6.42 Å². The predicted octanol–water partition coefficient (Wildman–Crippen LogP) is 2.14. The first-order chi connectivity index (χ1) is 9.16. The normalized spacial score (nSPS) is 36.9. The minimum Gasteiger partial charge on any atom is -0.481 e. The first-order valence-corrected chi connectivity index (χ1v) is 7.67. The third-order valence-corrected chi connectivity index (χ3v) is 5.29. The number of carbonyl (C=O) groups excluding carboxylic acids is 1.